The third-order valence-electron chi connectivity index (χ3n) is 8.83. The van der Waals surface area contributed by atoms with Crippen LogP contribution in [0.4, 0.5) is 5.95 Å². The standard InChI is InChI=1S/C39H39Cl2N3O5/c1-3-5-22-39(35(45)26-16-18-29(40)19-17-26,44-38-42-33-13-7-6-11-31(33)36(46)43-38)28(9-4-2)23-25-14-20-30(21-15-25)49-24-27-10-8-12-32(34(27)41)37(47)48/h6-8,10-21,28H,3-5,9,22-24H2,1-2H3,(H,47,48)(H2,42,43,44,46). The third-order valence-corrected chi connectivity index (χ3v) is 9.53. The van der Waals surface area contributed by atoms with Crippen LogP contribution in [-0.2, 0) is 13.0 Å². The number of rotatable bonds is 16. The number of carboxylic acid groups (broad SMARTS) is 1. The van der Waals surface area contributed by atoms with E-state index < -0.39 is 11.5 Å². The molecule has 3 N–H and O–H groups in total. The summed E-state index contributed by atoms with van der Waals surface area (Å²) in [6.07, 6.45) is 4.27. The molecule has 0 aliphatic rings. The van der Waals surface area contributed by atoms with Crippen LogP contribution >= 0.6 is 23.2 Å². The first-order valence-corrected chi connectivity index (χ1v) is 17.2. The van der Waals surface area contributed by atoms with Crippen molar-refractivity contribution in [3.05, 3.63) is 134 Å². The van der Waals surface area contributed by atoms with Gasteiger partial charge in [0.15, 0.2) is 5.78 Å². The number of anilines is 1. The lowest BCUT2D eigenvalue weighted by Gasteiger charge is -2.41. The molecule has 10 heteroatoms. The molecule has 0 saturated heterocycles. The number of carboxylic acids is 1. The molecule has 0 aliphatic heterocycles. The number of aromatic amines is 1. The Bertz CT molecular complexity index is 1980. The minimum atomic E-state index is -1.11. The van der Waals surface area contributed by atoms with Crippen LogP contribution in [0.1, 0.15) is 77.8 Å². The highest BCUT2D eigenvalue weighted by Gasteiger charge is 2.45. The van der Waals surface area contributed by atoms with E-state index in [2.05, 4.69) is 24.1 Å². The van der Waals surface area contributed by atoms with Gasteiger partial charge >= 0.3 is 5.97 Å². The summed E-state index contributed by atoms with van der Waals surface area (Å²) in [4.78, 5) is 47.1. The van der Waals surface area contributed by atoms with Crippen LogP contribution < -0.4 is 15.6 Å². The van der Waals surface area contributed by atoms with Crippen molar-refractivity contribution in [2.45, 2.75) is 64.5 Å². The molecular formula is C39H39Cl2N3O5. The fourth-order valence-corrected chi connectivity index (χ4v) is 6.68. The fraction of sp³-hybridized carbons (Fsp3) is 0.282. The van der Waals surface area contributed by atoms with Crippen LogP contribution in [-0.4, -0.2) is 32.4 Å². The van der Waals surface area contributed by atoms with Crippen LogP contribution in [0.25, 0.3) is 10.9 Å². The van der Waals surface area contributed by atoms with Crippen LogP contribution in [0, 0.1) is 5.92 Å². The number of Topliss-reactive ketones (excluding diaryl/α,β-unsaturated/α-hetero) is 1. The number of fused-ring (bicyclic) bond motifs is 1. The molecule has 0 amide bonds. The maximum absolute atomic E-state index is 14.8. The SMILES string of the molecule is CCCCC(Nc1nc2ccccc2c(=O)[nH]1)(C(=O)c1ccc(Cl)cc1)C(CCC)Cc1ccc(OCc2cccc(C(=O)O)c2Cl)cc1. The van der Waals surface area contributed by atoms with E-state index in [-0.39, 0.29) is 40.4 Å². The Hall–Kier alpha value is -4.66. The van der Waals surface area contributed by atoms with E-state index in [0.717, 1.165) is 31.2 Å². The van der Waals surface area contributed by atoms with Crippen molar-refractivity contribution < 1.29 is 19.4 Å². The van der Waals surface area contributed by atoms with Crippen molar-refractivity contribution in [1.82, 2.24) is 9.97 Å². The molecule has 8 nitrogen and oxygen atoms in total. The Morgan fingerprint density at radius 2 is 1.67 bits per heavy atom. The highest BCUT2D eigenvalue weighted by atomic mass is 35.5. The van der Waals surface area contributed by atoms with E-state index in [0.29, 0.717) is 45.6 Å². The molecule has 2 unspecified atom stereocenters. The number of H-pyrrole nitrogens is 1. The number of hydrogen-bond donors (Lipinski definition) is 3. The van der Waals surface area contributed by atoms with Gasteiger partial charge in [-0.15, -0.1) is 0 Å². The number of nitrogens with one attached hydrogen (secondary N) is 2. The number of unbranched alkanes of at least 4 members (excludes halogenated alkanes) is 1. The summed E-state index contributed by atoms with van der Waals surface area (Å²) in [5, 5.41) is 14.1. The zero-order chi connectivity index (χ0) is 35.0. The van der Waals surface area contributed by atoms with Crippen LogP contribution in [0.5, 0.6) is 5.75 Å². The number of aromatic carboxylic acids is 1. The summed E-state index contributed by atoms with van der Waals surface area (Å²) in [5.41, 5.74) is 1.26. The summed E-state index contributed by atoms with van der Waals surface area (Å²) in [5.74, 6) is -0.531. The van der Waals surface area contributed by atoms with Crippen molar-refractivity contribution in [2.24, 2.45) is 5.92 Å². The largest absolute Gasteiger partial charge is 0.489 e. The third kappa shape index (κ3) is 8.32. The number of benzene rings is 4. The minimum absolute atomic E-state index is 0.0244. The monoisotopic (exact) mass is 699 g/mol. The zero-order valence-electron chi connectivity index (χ0n) is 27.5. The van der Waals surface area contributed by atoms with Crippen molar-refractivity contribution >= 4 is 51.8 Å². The zero-order valence-corrected chi connectivity index (χ0v) is 29.0. The maximum atomic E-state index is 14.8. The van der Waals surface area contributed by atoms with Crippen molar-refractivity contribution in [3.8, 4) is 5.75 Å². The van der Waals surface area contributed by atoms with Crippen LogP contribution in [0.2, 0.25) is 10.0 Å². The lowest BCUT2D eigenvalue weighted by atomic mass is 9.70. The van der Waals surface area contributed by atoms with E-state index in [1.165, 1.54) is 6.07 Å². The van der Waals surface area contributed by atoms with Gasteiger partial charge in [-0.05, 0) is 85.3 Å². The Balaban J connectivity index is 1.49. The number of nitrogens with zero attached hydrogens (tertiary/aromatic N) is 1. The Kier molecular flexibility index (Phi) is 11.8. The van der Waals surface area contributed by atoms with Gasteiger partial charge in [0.05, 0.1) is 21.5 Å². The average Bonchev–Trinajstić information content (AvgIpc) is 3.10. The highest BCUT2D eigenvalue weighted by Crippen LogP contribution is 2.37. The van der Waals surface area contributed by atoms with Gasteiger partial charge in [-0.2, -0.15) is 0 Å². The van der Waals surface area contributed by atoms with Crippen LogP contribution in [0.3, 0.4) is 0 Å². The summed E-state index contributed by atoms with van der Waals surface area (Å²) in [6, 6.07) is 26.6. The first-order chi connectivity index (χ1) is 23.6. The molecule has 49 heavy (non-hydrogen) atoms. The second-order valence-corrected chi connectivity index (χ2v) is 13.0. The Morgan fingerprint density at radius 1 is 0.939 bits per heavy atom. The van der Waals surface area contributed by atoms with E-state index in [1.807, 2.05) is 30.3 Å². The highest BCUT2D eigenvalue weighted by molar-refractivity contribution is 6.34. The molecule has 0 spiro atoms. The first-order valence-electron chi connectivity index (χ1n) is 16.4. The lowest BCUT2D eigenvalue weighted by Crippen LogP contribution is -2.54. The minimum Gasteiger partial charge on any atom is -0.489 e. The van der Waals surface area contributed by atoms with E-state index in [4.69, 9.17) is 32.9 Å². The number of aromatic nitrogens is 2. The molecular weight excluding hydrogens is 661 g/mol. The maximum Gasteiger partial charge on any atom is 0.337 e. The molecule has 2 atom stereocenters. The van der Waals surface area contributed by atoms with E-state index in [1.54, 1.807) is 54.6 Å². The second-order valence-electron chi connectivity index (χ2n) is 12.2. The number of carbonyl (C=O) groups is 2. The predicted octanol–water partition coefficient (Wildman–Crippen LogP) is 9.39. The van der Waals surface area contributed by atoms with Crippen molar-refractivity contribution in [3.63, 3.8) is 0 Å². The topological polar surface area (TPSA) is 121 Å². The Morgan fingerprint density at radius 3 is 2.37 bits per heavy atom. The van der Waals surface area contributed by atoms with Gasteiger partial charge in [-0.1, -0.05) is 92.7 Å². The molecule has 0 saturated carbocycles. The number of hydrogen-bond acceptors (Lipinski definition) is 6. The second kappa shape index (κ2) is 16.2. The molecule has 0 bridgehead atoms. The summed E-state index contributed by atoms with van der Waals surface area (Å²) in [7, 11) is 0. The van der Waals surface area contributed by atoms with Gasteiger partial charge in [0, 0.05) is 16.1 Å². The molecule has 5 aromatic rings. The summed E-state index contributed by atoms with van der Waals surface area (Å²) >= 11 is 12.5. The molecule has 1 heterocycles. The number of ketones is 1. The molecule has 254 valence electrons. The smallest absolute Gasteiger partial charge is 0.337 e. The van der Waals surface area contributed by atoms with E-state index >= 15 is 0 Å². The number of halogens is 2. The quantitative estimate of drug-likeness (QED) is 0.0877. The van der Waals surface area contributed by atoms with Gasteiger partial charge < -0.3 is 15.2 Å². The number of para-hydroxylation sites is 1. The molecule has 4 aromatic carbocycles. The van der Waals surface area contributed by atoms with E-state index in [9.17, 15) is 19.5 Å². The predicted molar refractivity (Wildman–Crippen MR) is 195 cm³/mol. The first kappa shape index (κ1) is 35.6. The van der Waals surface area contributed by atoms with Gasteiger partial charge in [-0.25, -0.2) is 9.78 Å². The van der Waals surface area contributed by atoms with Gasteiger partial charge in [0.25, 0.3) is 5.56 Å². The number of carbonyl (C=O) groups excluding carboxylic acids is 1. The molecule has 0 aliphatic carbocycles. The lowest BCUT2D eigenvalue weighted by molar-refractivity contribution is 0.0696. The summed E-state index contributed by atoms with van der Waals surface area (Å²) < 4.78 is 5.97. The molecule has 0 fully saturated rings. The van der Waals surface area contributed by atoms with Crippen molar-refractivity contribution in [2.75, 3.05) is 5.32 Å². The van der Waals surface area contributed by atoms with Gasteiger partial charge in [0.1, 0.15) is 17.9 Å². The molecule has 5 rings (SSSR count). The number of ether oxygens (including phenoxy) is 1. The molecule has 1 aromatic heterocycles. The molecule has 0 radical (unpaired) electrons. The Labute approximate surface area is 295 Å². The summed E-state index contributed by atoms with van der Waals surface area (Å²) in [6.45, 7) is 4.29. The normalized spacial score (nSPS) is 13.1. The van der Waals surface area contributed by atoms with Gasteiger partial charge in [0.2, 0.25) is 5.95 Å². The fourth-order valence-electron chi connectivity index (χ4n) is 6.29. The van der Waals surface area contributed by atoms with Gasteiger partial charge in [-0.3, -0.25) is 14.6 Å². The average molecular weight is 701 g/mol. The van der Waals surface area contributed by atoms with Crippen molar-refractivity contribution in [1.29, 1.82) is 0 Å². The van der Waals surface area contributed by atoms with Crippen LogP contribution in [0.15, 0.2) is 95.8 Å².